The first-order chi connectivity index (χ1) is 7.83. The highest BCUT2D eigenvalue weighted by atomic mass is 32.2. The molecule has 1 amide bonds. The summed E-state index contributed by atoms with van der Waals surface area (Å²) in [5, 5.41) is 2.72. The molecule has 0 aliphatic carbocycles. The van der Waals surface area contributed by atoms with Gasteiger partial charge in [-0.3, -0.25) is 9.35 Å². The molecule has 2 N–H and O–H groups in total. The second kappa shape index (κ2) is 8.25. The zero-order valence-corrected chi connectivity index (χ0v) is 11.1. The lowest BCUT2D eigenvalue weighted by molar-refractivity contribution is -0.117. The van der Waals surface area contributed by atoms with Crippen LogP contribution in [0.4, 0.5) is 0 Å². The fourth-order valence-electron chi connectivity index (χ4n) is 1.29. The zero-order chi connectivity index (χ0) is 13.3. The number of rotatable bonds is 9. The Bertz CT molecular complexity index is 348. The molecule has 0 aromatic carbocycles. The molecular formula is C11H21NO4S. The van der Waals surface area contributed by atoms with Gasteiger partial charge in [0.1, 0.15) is 0 Å². The van der Waals surface area contributed by atoms with Gasteiger partial charge >= 0.3 is 0 Å². The van der Waals surface area contributed by atoms with Crippen molar-refractivity contribution in [3.63, 3.8) is 0 Å². The van der Waals surface area contributed by atoms with Crippen molar-refractivity contribution in [2.75, 3.05) is 12.3 Å². The quantitative estimate of drug-likeness (QED) is 0.375. The lowest BCUT2D eigenvalue weighted by Gasteiger charge is -2.04. The van der Waals surface area contributed by atoms with Gasteiger partial charge in [-0.15, -0.1) is 0 Å². The molecule has 0 radical (unpaired) electrons. The van der Waals surface area contributed by atoms with E-state index in [1.54, 1.807) is 6.92 Å². The molecule has 5 nitrogen and oxygen atoms in total. The summed E-state index contributed by atoms with van der Waals surface area (Å²) in [5.74, 6) is -0.296. The van der Waals surface area contributed by atoms with Gasteiger partial charge in [0.15, 0.2) is 0 Å². The number of unbranched alkanes of at least 4 members (excludes halogenated alkanes) is 4. The summed E-state index contributed by atoms with van der Waals surface area (Å²) in [6.45, 7) is 5.80. The van der Waals surface area contributed by atoms with E-state index in [9.17, 15) is 13.2 Å². The minimum atomic E-state index is -3.81. The summed E-state index contributed by atoms with van der Waals surface area (Å²) in [6, 6.07) is 0. The maximum atomic E-state index is 11.1. The van der Waals surface area contributed by atoms with Gasteiger partial charge in [-0.05, 0) is 19.8 Å². The minimum absolute atomic E-state index is 0.128. The number of hydrogen-bond acceptors (Lipinski definition) is 3. The number of nitrogens with one attached hydrogen (secondary N) is 1. The molecule has 17 heavy (non-hydrogen) atoms. The van der Waals surface area contributed by atoms with Crippen molar-refractivity contribution in [2.24, 2.45) is 0 Å². The third-order valence-electron chi connectivity index (χ3n) is 2.25. The third-order valence-corrected chi connectivity index (χ3v) is 3.06. The van der Waals surface area contributed by atoms with Crippen molar-refractivity contribution in [2.45, 2.75) is 39.0 Å². The molecule has 0 rings (SSSR count). The molecule has 6 heteroatoms. The van der Waals surface area contributed by atoms with Crippen LogP contribution in [0.2, 0.25) is 0 Å². The molecule has 0 aliphatic heterocycles. The largest absolute Gasteiger partial charge is 0.352 e. The molecule has 0 saturated carbocycles. The Kier molecular flexibility index (Phi) is 7.82. The van der Waals surface area contributed by atoms with Crippen LogP contribution in [0.3, 0.4) is 0 Å². The van der Waals surface area contributed by atoms with Gasteiger partial charge in [-0.2, -0.15) is 8.42 Å². The summed E-state index contributed by atoms with van der Waals surface area (Å²) < 4.78 is 29.3. The molecule has 0 aliphatic rings. The minimum Gasteiger partial charge on any atom is -0.352 e. The van der Waals surface area contributed by atoms with Crippen molar-refractivity contribution in [1.29, 1.82) is 0 Å². The third kappa shape index (κ3) is 11.4. The van der Waals surface area contributed by atoms with Crippen LogP contribution in [-0.2, 0) is 14.9 Å². The summed E-state index contributed by atoms with van der Waals surface area (Å²) >= 11 is 0. The molecule has 0 bridgehead atoms. The van der Waals surface area contributed by atoms with Gasteiger partial charge in [0, 0.05) is 12.1 Å². The second-order valence-corrected chi connectivity index (χ2v) is 5.66. The maximum Gasteiger partial charge on any atom is 0.264 e. The molecule has 0 unspecified atom stereocenters. The lowest BCUT2D eigenvalue weighted by atomic mass is 10.1. The van der Waals surface area contributed by atoms with Gasteiger partial charge in [0.25, 0.3) is 10.1 Å². The predicted molar refractivity (Wildman–Crippen MR) is 67.3 cm³/mol. The van der Waals surface area contributed by atoms with Gasteiger partial charge in [0.2, 0.25) is 5.91 Å². The summed E-state index contributed by atoms with van der Waals surface area (Å²) in [5.41, 5.74) is 0.498. The molecule has 0 aromatic rings. The van der Waals surface area contributed by atoms with Crippen molar-refractivity contribution < 1.29 is 17.8 Å². The highest BCUT2D eigenvalue weighted by Crippen LogP contribution is 2.03. The summed E-state index contributed by atoms with van der Waals surface area (Å²) in [4.78, 5) is 11.1. The number of hydrogen-bond donors (Lipinski definition) is 2. The molecule has 0 spiro atoms. The Balaban J connectivity index is 3.31. The summed E-state index contributed by atoms with van der Waals surface area (Å²) in [7, 11) is -3.81. The van der Waals surface area contributed by atoms with Crippen LogP contribution in [0, 0.1) is 0 Å². The predicted octanol–water partition coefficient (Wildman–Crippen LogP) is 1.52. The molecule has 0 heterocycles. The molecule has 0 aromatic heterocycles. The fraction of sp³-hybridized carbons (Fsp3) is 0.727. The van der Waals surface area contributed by atoms with Crippen molar-refractivity contribution in [1.82, 2.24) is 5.32 Å². The van der Waals surface area contributed by atoms with Crippen LogP contribution in [0.15, 0.2) is 12.2 Å². The van der Waals surface area contributed by atoms with Crippen LogP contribution < -0.4 is 5.32 Å². The number of carbonyl (C=O) groups is 1. The van der Waals surface area contributed by atoms with Gasteiger partial charge in [0.05, 0.1) is 5.75 Å². The van der Waals surface area contributed by atoms with E-state index in [-0.39, 0.29) is 11.7 Å². The Labute approximate surface area is 103 Å². The van der Waals surface area contributed by atoms with Gasteiger partial charge < -0.3 is 5.32 Å². The van der Waals surface area contributed by atoms with Crippen LogP contribution >= 0.6 is 0 Å². The van der Waals surface area contributed by atoms with E-state index in [1.807, 2.05) is 0 Å². The Morgan fingerprint density at radius 1 is 1.18 bits per heavy atom. The number of amides is 1. The van der Waals surface area contributed by atoms with Gasteiger partial charge in [-0.25, -0.2) is 0 Å². The van der Waals surface area contributed by atoms with Gasteiger partial charge in [-0.1, -0.05) is 25.8 Å². The van der Waals surface area contributed by atoms with Crippen molar-refractivity contribution in [3.8, 4) is 0 Å². The maximum absolute atomic E-state index is 11.1. The zero-order valence-electron chi connectivity index (χ0n) is 10.2. The Hall–Kier alpha value is -0.880. The van der Waals surface area contributed by atoms with Crippen molar-refractivity contribution in [3.05, 3.63) is 12.2 Å². The normalized spacial score (nSPS) is 11.2. The second-order valence-electron chi connectivity index (χ2n) is 4.09. The SMILES string of the molecule is C=C(C)C(=O)NCCCCCCCS(=O)(=O)O. The smallest absolute Gasteiger partial charge is 0.264 e. The van der Waals surface area contributed by atoms with Crippen LogP contribution in [0.5, 0.6) is 0 Å². The molecule has 0 saturated heterocycles. The average molecular weight is 263 g/mol. The molecule has 0 fully saturated rings. The standard InChI is InChI=1S/C11H21NO4S/c1-10(2)11(13)12-8-6-4-3-5-7-9-17(14,15)16/h1,3-9H2,2H3,(H,12,13)(H,14,15,16). The van der Waals surface area contributed by atoms with E-state index in [1.165, 1.54) is 0 Å². The highest BCUT2D eigenvalue weighted by molar-refractivity contribution is 7.85. The topological polar surface area (TPSA) is 83.5 Å². The number of carbonyl (C=O) groups excluding carboxylic acids is 1. The first-order valence-corrected chi connectivity index (χ1v) is 7.32. The van der Waals surface area contributed by atoms with E-state index < -0.39 is 10.1 Å². The molecule has 100 valence electrons. The van der Waals surface area contributed by atoms with E-state index in [4.69, 9.17) is 4.55 Å². The Morgan fingerprint density at radius 3 is 2.24 bits per heavy atom. The van der Waals surface area contributed by atoms with E-state index in [0.717, 1.165) is 25.7 Å². The van der Waals surface area contributed by atoms with E-state index in [2.05, 4.69) is 11.9 Å². The monoisotopic (exact) mass is 263 g/mol. The van der Waals surface area contributed by atoms with E-state index in [0.29, 0.717) is 18.5 Å². The van der Waals surface area contributed by atoms with Crippen LogP contribution in [0.1, 0.15) is 39.0 Å². The van der Waals surface area contributed by atoms with E-state index >= 15 is 0 Å². The fourth-order valence-corrected chi connectivity index (χ4v) is 1.86. The van der Waals surface area contributed by atoms with Crippen LogP contribution in [0.25, 0.3) is 0 Å². The first kappa shape index (κ1) is 16.1. The highest BCUT2D eigenvalue weighted by Gasteiger charge is 2.03. The lowest BCUT2D eigenvalue weighted by Crippen LogP contribution is -2.24. The average Bonchev–Trinajstić information content (AvgIpc) is 2.19. The molecule has 0 atom stereocenters. The van der Waals surface area contributed by atoms with Crippen molar-refractivity contribution >= 4 is 16.0 Å². The first-order valence-electron chi connectivity index (χ1n) is 5.72. The summed E-state index contributed by atoms with van der Waals surface area (Å²) in [6.07, 6.45) is 3.95. The van der Waals surface area contributed by atoms with Crippen LogP contribution in [-0.4, -0.2) is 31.2 Å². The Morgan fingerprint density at radius 2 is 1.71 bits per heavy atom. The molecular weight excluding hydrogens is 242 g/mol.